The number of guanidine groups is 1. The average Bonchev–Trinajstić information content (AvgIpc) is 2.71. The molecular formula is C22H39N5O. The van der Waals surface area contributed by atoms with E-state index < -0.39 is 0 Å². The van der Waals surface area contributed by atoms with Gasteiger partial charge in [-0.2, -0.15) is 0 Å². The number of nitrogens with zero attached hydrogens (tertiary/aromatic N) is 3. The summed E-state index contributed by atoms with van der Waals surface area (Å²) in [7, 11) is 4.03. The molecule has 1 aliphatic rings. The molecule has 1 heterocycles. The number of hydrogen-bond donors (Lipinski definition) is 2. The van der Waals surface area contributed by atoms with Crippen LogP contribution in [0.15, 0.2) is 35.3 Å². The summed E-state index contributed by atoms with van der Waals surface area (Å²) in [5.74, 6) is 0.880. The zero-order chi connectivity index (χ0) is 20.4. The normalized spacial score (nSPS) is 20.8. The van der Waals surface area contributed by atoms with E-state index in [0.29, 0.717) is 18.1 Å². The molecule has 1 aromatic rings. The van der Waals surface area contributed by atoms with E-state index >= 15 is 0 Å². The summed E-state index contributed by atoms with van der Waals surface area (Å²) in [6.45, 7) is 12.2. The highest BCUT2D eigenvalue weighted by Crippen LogP contribution is 2.10. The van der Waals surface area contributed by atoms with Crippen molar-refractivity contribution in [2.24, 2.45) is 4.99 Å². The van der Waals surface area contributed by atoms with Crippen molar-refractivity contribution in [3.05, 3.63) is 35.9 Å². The Morgan fingerprint density at radius 3 is 2.71 bits per heavy atom. The van der Waals surface area contributed by atoms with Crippen molar-refractivity contribution in [1.29, 1.82) is 0 Å². The van der Waals surface area contributed by atoms with Gasteiger partial charge in [0, 0.05) is 51.4 Å². The van der Waals surface area contributed by atoms with Gasteiger partial charge in [0.15, 0.2) is 5.96 Å². The van der Waals surface area contributed by atoms with Crippen LogP contribution in [-0.4, -0.2) is 80.8 Å². The van der Waals surface area contributed by atoms with Crippen molar-refractivity contribution in [2.75, 3.05) is 46.9 Å². The van der Waals surface area contributed by atoms with E-state index in [2.05, 4.69) is 83.6 Å². The molecule has 0 radical (unpaired) electrons. The quantitative estimate of drug-likeness (QED) is 0.501. The van der Waals surface area contributed by atoms with E-state index in [1.807, 2.05) is 7.05 Å². The number of aliphatic imine (C=N–C) groups is 1. The van der Waals surface area contributed by atoms with Crippen LogP contribution in [0.2, 0.25) is 0 Å². The van der Waals surface area contributed by atoms with Crippen molar-refractivity contribution in [1.82, 2.24) is 20.4 Å². The highest BCUT2D eigenvalue weighted by Gasteiger charge is 2.23. The number of ether oxygens (including phenoxy) is 1. The maximum atomic E-state index is 5.54. The minimum Gasteiger partial charge on any atom is -0.379 e. The lowest BCUT2D eigenvalue weighted by molar-refractivity contribution is -0.0174. The van der Waals surface area contributed by atoms with Gasteiger partial charge in [-0.05, 0) is 39.8 Å². The van der Waals surface area contributed by atoms with E-state index in [-0.39, 0.29) is 0 Å². The molecule has 3 unspecified atom stereocenters. The van der Waals surface area contributed by atoms with Gasteiger partial charge in [-0.3, -0.25) is 14.8 Å². The standard InChI is InChI=1S/C22H39N5O/c1-18(26(5)16-21-9-7-6-8-10-21)11-12-24-22(23-4)25-15-19(2)27-13-14-28-17-20(27)3/h6-10,18-20H,11-17H2,1-5H3,(H2,23,24,25). The van der Waals surface area contributed by atoms with Gasteiger partial charge in [0.1, 0.15) is 0 Å². The second-order valence-electron chi connectivity index (χ2n) is 7.93. The Labute approximate surface area is 171 Å². The molecular weight excluding hydrogens is 350 g/mol. The Morgan fingerprint density at radius 1 is 1.29 bits per heavy atom. The minimum atomic E-state index is 0.452. The van der Waals surface area contributed by atoms with E-state index in [1.54, 1.807) is 0 Å². The van der Waals surface area contributed by atoms with Crippen LogP contribution in [-0.2, 0) is 11.3 Å². The van der Waals surface area contributed by atoms with E-state index in [4.69, 9.17) is 4.74 Å². The lowest BCUT2D eigenvalue weighted by Gasteiger charge is -2.38. The maximum Gasteiger partial charge on any atom is 0.191 e. The first-order valence-corrected chi connectivity index (χ1v) is 10.5. The van der Waals surface area contributed by atoms with Crippen LogP contribution >= 0.6 is 0 Å². The number of benzene rings is 1. The first-order valence-electron chi connectivity index (χ1n) is 10.5. The maximum absolute atomic E-state index is 5.54. The fourth-order valence-corrected chi connectivity index (χ4v) is 3.62. The zero-order valence-corrected chi connectivity index (χ0v) is 18.3. The van der Waals surface area contributed by atoms with Crippen LogP contribution in [0.3, 0.4) is 0 Å². The lowest BCUT2D eigenvalue weighted by Crippen LogP contribution is -2.53. The van der Waals surface area contributed by atoms with Gasteiger partial charge in [0.05, 0.1) is 13.2 Å². The van der Waals surface area contributed by atoms with Crippen LogP contribution in [0.25, 0.3) is 0 Å². The lowest BCUT2D eigenvalue weighted by atomic mass is 10.1. The summed E-state index contributed by atoms with van der Waals surface area (Å²) in [5, 5.41) is 6.93. The van der Waals surface area contributed by atoms with Gasteiger partial charge in [-0.15, -0.1) is 0 Å². The number of rotatable bonds is 9. The summed E-state index contributed by atoms with van der Waals surface area (Å²) >= 11 is 0. The Bertz CT molecular complexity index is 580. The summed E-state index contributed by atoms with van der Waals surface area (Å²) in [6.07, 6.45) is 1.07. The molecule has 2 N–H and O–H groups in total. The third-order valence-electron chi connectivity index (χ3n) is 5.66. The molecule has 3 atom stereocenters. The van der Waals surface area contributed by atoms with Gasteiger partial charge in [-0.1, -0.05) is 30.3 Å². The van der Waals surface area contributed by atoms with E-state index in [9.17, 15) is 0 Å². The second-order valence-corrected chi connectivity index (χ2v) is 7.93. The van der Waals surface area contributed by atoms with Gasteiger partial charge >= 0.3 is 0 Å². The SMILES string of the molecule is CN=C(NCCC(C)N(C)Cc1ccccc1)NCC(C)N1CCOCC1C. The molecule has 0 saturated carbocycles. The molecule has 0 spiro atoms. The summed E-state index contributed by atoms with van der Waals surface area (Å²) in [6, 6.07) is 12.1. The smallest absolute Gasteiger partial charge is 0.191 e. The molecule has 0 bridgehead atoms. The van der Waals surface area contributed by atoms with Gasteiger partial charge in [0.25, 0.3) is 0 Å². The molecule has 0 aromatic heterocycles. The monoisotopic (exact) mass is 389 g/mol. The fraction of sp³-hybridized carbons (Fsp3) is 0.682. The number of morpholine rings is 1. The van der Waals surface area contributed by atoms with Crippen molar-refractivity contribution < 1.29 is 4.74 Å². The highest BCUT2D eigenvalue weighted by molar-refractivity contribution is 5.79. The molecule has 0 aliphatic carbocycles. The predicted molar refractivity (Wildman–Crippen MR) is 118 cm³/mol. The van der Waals surface area contributed by atoms with Gasteiger partial charge in [0.2, 0.25) is 0 Å². The van der Waals surface area contributed by atoms with Crippen molar-refractivity contribution in [3.63, 3.8) is 0 Å². The molecule has 1 aliphatic heterocycles. The van der Waals surface area contributed by atoms with Crippen molar-refractivity contribution >= 4 is 5.96 Å². The summed E-state index contributed by atoms with van der Waals surface area (Å²) < 4.78 is 5.54. The molecule has 1 fully saturated rings. The van der Waals surface area contributed by atoms with Gasteiger partial charge in [-0.25, -0.2) is 0 Å². The number of nitrogens with one attached hydrogen (secondary N) is 2. The Morgan fingerprint density at radius 2 is 2.04 bits per heavy atom. The highest BCUT2D eigenvalue weighted by atomic mass is 16.5. The average molecular weight is 390 g/mol. The van der Waals surface area contributed by atoms with Crippen molar-refractivity contribution in [2.45, 2.75) is 51.9 Å². The van der Waals surface area contributed by atoms with Crippen LogP contribution in [0.1, 0.15) is 32.8 Å². The van der Waals surface area contributed by atoms with Crippen LogP contribution in [0.5, 0.6) is 0 Å². The van der Waals surface area contributed by atoms with Crippen LogP contribution in [0.4, 0.5) is 0 Å². The molecule has 158 valence electrons. The Hall–Kier alpha value is -1.63. The van der Waals surface area contributed by atoms with Crippen molar-refractivity contribution in [3.8, 4) is 0 Å². The minimum absolute atomic E-state index is 0.452. The number of hydrogen-bond acceptors (Lipinski definition) is 4. The molecule has 0 amide bonds. The largest absolute Gasteiger partial charge is 0.379 e. The van der Waals surface area contributed by atoms with E-state index in [0.717, 1.165) is 51.8 Å². The third-order valence-corrected chi connectivity index (χ3v) is 5.66. The zero-order valence-electron chi connectivity index (χ0n) is 18.3. The Balaban J connectivity index is 1.67. The summed E-state index contributed by atoms with van der Waals surface area (Å²) in [4.78, 5) is 9.27. The first-order chi connectivity index (χ1) is 13.5. The van der Waals surface area contributed by atoms with Crippen LogP contribution < -0.4 is 10.6 Å². The third kappa shape index (κ3) is 7.41. The molecule has 6 heteroatoms. The molecule has 1 aromatic carbocycles. The van der Waals surface area contributed by atoms with E-state index in [1.165, 1.54) is 5.56 Å². The fourth-order valence-electron chi connectivity index (χ4n) is 3.62. The molecule has 28 heavy (non-hydrogen) atoms. The Kier molecular flexibility index (Phi) is 9.75. The molecule has 1 saturated heterocycles. The van der Waals surface area contributed by atoms with Gasteiger partial charge < -0.3 is 15.4 Å². The molecule has 2 rings (SSSR count). The second kappa shape index (κ2) is 12.0. The predicted octanol–water partition coefficient (Wildman–Crippen LogP) is 2.17. The topological polar surface area (TPSA) is 52.1 Å². The first kappa shape index (κ1) is 22.7. The summed E-state index contributed by atoms with van der Waals surface area (Å²) in [5.41, 5.74) is 1.36. The van der Waals surface area contributed by atoms with Crippen LogP contribution in [0, 0.1) is 0 Å². The molecule has 6 nitrogen and oxygen atoms in total.